The normalized spacial score (nSPS) is 22.5. The maximum absolute atomic E-state index is 13.2. The zero-order valence-electron chi connectivity index (χ0n) is 12.1. The number of hydrogen-bond donors (Lipinski definition) is 2. The monoisotopic (exact) mass is 295 g/mol. The molecule has 0 spiro atoms. The van der Waals surface area contributed by atoms with E-state index in [2.05, 4.69) is 5.32 Å². The summed E-state index contributed by atoms with van der Waals surface area (Å²) in [6.07, 6.45) is 0. The molecule has 2 atom stereocenters. The first kappa shape index (κ1) is 15.3. The van der Waals surface area contributed by atoms with Crippen LogP contribution in [0.2, 0.25) is 0 Å². The number of benzene rings is 1. The number of carboxylic acid groups (broad SMARTS) is 1. The van der Waals surface area contributed by atoms with Crippen LogP contribution in [0.5, 0.6) is 5.75 Å². The molecule has 0 saturated heterocycles. The van der Waals surface area contributed by atoms with E-state index < -0.39 is 29.0 Å². The number of nitrogens with one attached hydrogen (secondary N) is 1. The molecule has 0 bridgehead atoms. The van der Waals surface area contributed by atoms with Crippen LogP contribution < -0.4 is 10.1 Å². The van der Waals surface area contributed by atoms with Gasteiger partial charge in [-0.3, -0.25) is 9.59 Å². The number of methoxy groups -OCH3 is 1. The number of carboxylic acids is 1. The first-order valence-electron chi connectivity index (χ1n) is 6.62. The molecule has 1 aromatic rings. The van der Waals surface area contributed by atoms with Crippen LogP contribution in [-0.2, 0) is 16.1 Å². The van der Waals surface area contributed by atoms with Gasteiger partial charge in [-0.1, -0.05) is 13.8 Å². The van der Waals surface area contributed by atoms with Crippen LogP contribution in [0.3, 0.4) is 0 Å². The van der Waals surface area contributed by atoms with Gasteiger partial charge in [0.25, 0.3) is 0 Å². The van der Waals surface area contributed by atoms with Crippen LogP contribution >= 0.6 is 0 Å². The maximum atomic E-state index is 13.2. The average Bonchev–Trinajstić information content (AvgIpc) is 2.99. The Hall–Kier alpha value is -2.11. The lowest BCUT2D eigenvalue weighted by molar-refractivity contribution is -0.140. The molecular weight excluding hydrogens is 277 g/mol. The molecule has 2 rings (SSSR count). The largest absolute Gasteiger partial charge is 0.496 e. The summed E-state index contributed by atoms with van der Waals surface area (Å²) in [5, 5.41) is 11.7. The minimum Gasteiger partial charge on any atom is -0.496 e. The fourth-order valence-electron chi connectivity index (χ4n) is 2.77. The molecule has 0 aromatic heterocycles. The fraction of sp³-hybridized carbons (Fsp3) is 0.467. The van der Waals surface area contributed by atoms with Gasteiger partial charge in [0.1, 0.15) is 11.6 Å². The second kappa shape index (κ2) is 5.35. The molecule has 1 fully saturated rings. The quantitative estimate of drug-likeness (QED) is 0.868. The van der Waals surface area contributed by atoms with Crippen molar-refractivity contribution >= 4 is 11.9 Å². The summed E-state index contributed by atoms with van der Waals surface area (Å²) in [5.41, 5.74) is -0.0433. The topological polar surface area (TPSA) is 75.6 Å². The molecule has 6 heteroatoms. The summed E-state index contributed by atoms with van der Waals surface area (Å²) in [5.74, 6) is -2.49. The third kappa shape index (κ3) is 2.84. The Balaban J connectivity index is 2.03. The van der Waals surface area contributed by atoms with Gasteiger partial charge in [-0.25, -0.2) is 4.39 Å². The molecule has 114 valence electrons. The van der Waals surface area contributed by atoms with Gasteiger partial charge in [-0.05, 0) is 23.6 Å². The van der Waals surface area contributed by atoms with Gasteiger partial charge < -0.3 is 15.2 Å². The Morgan fingerprint density at radius 1 is 1.38 bits per heavy atom. The lowest BCUT2D eigenvalue weighted by Gasteiger charge is -2.10. The van der Waals surface area contributed by atoms with E-state index in [1.165, 1.54) is 25.3 Å². The highest BCUT2D eigenvalue weighted by Crippen LogP contribution is 2.58. The minimum atomic E-state index is -0.969. The third-order valence-corrected chi connectivity index (χ3v) is 4.07. The van der Waals surface area contributed by atoms with Gasteiger partial charge >= 0.3 is 5.97 Å². The average molecular weight is 295 g/mol. The Bertz CT molecular complexity index is 585. The maximum Gasteiger partial charge on any atom is 0.307 e. The Morgan fingerprint density at radius 2 is 2.05 bits per heavy atom. The summed E-state index contributed by atoms with van der Waals surface area (Å²) in [6.45, 7) is 3.59. The van der Waals surface area contributed by atoms with Crippen molar-refractivity contribution in [3.63, 3.8) is 0 Å². The number of rotatable bonds is 5. The lowest BCUT2D eigenvalue weighted by Crippen LogP contribution is -2.27. The van der Waals surface area contributed by atoms with Gasteiger partial charge in [-0.2, -0.15) is 0 Å². The van der Waals surface area contributed by atoms with Gasteiger partial charge in [-0.15, -0.1) is 0 Å². The van der Waals surface area contributed by atoms with Crippen LogP contribution in [0.25, 0.3) is 0 Å². The van der Waals surface area contributed by atoms with E-state index in [1.807, 2.05) is 0 Å². The van der Waals surface area contributed by atoms with Crippen LogP contribution in [0.4, 0.5) is 4.39 Å². The molecule has 0 unspecified atom stereocenters. The molecule has 2 N–H and O–H groups in total. The van der Waals surface area contributed by atoms with E-state index in [0.717, 1.165) is 0 Å². The molecule has 1 aliphatic carbocycles. The molecule has 1 amide bonds. The van der Waals surface area contributed by atoms with Crippen molar-refractivity contribution in [2.45, 2.75) is 20.4 Å². The molecule has 5 nitrogen and oxygen atoms in total. The van der Waals surface area contributed by atoms with Crippen LogP contribution in [0, 0.1) is 23.1 Å². The number of amides is 1. The summed E-state index contributed by atoms with van der Waals surface area (Å²) in [4.78, 5) is 23.1. The number of ether oxygens (including phenoxy) is 1. The van der Waals surface area contributed by atoms with Gasteiger partial charge in [0, 0.05) is 12.1 Å². The number of carbonyl (C=O) groups is 2. The van der Waals surface area contributed by atoms with E-state index in [9.17, 15) is 14.0 Å². The second-order valence-corrected chi connectivity index (χ2v) is 5.79. The van der Waals surface area contributed by atoms with Crippen molar-refractivity contribution in [2.24, 2.45) is 17.3 Å². The first-order chi connectivity index (χ1) is 9.78. The molecule has 21 heavy (non-hydrogen) atoms. The van der Waals surface area contributed by atoms with Crippen molar-refractivity contribution in [2.75, 3.05) is 7.11 Å². The van der Waals surface area contributed by atoms with Crippen LogP contribution in [0.15, 0.2) is 18.2 Å². The van der Waals surface area contributed by atoms with E-state index in [-0.39, 0.29) is 12.5 Å². The fourth-order valence-corrected chi connectivity index (χ4v) is 2.77. The molecule has 0 heterocycles. The predicted molar refractivity (Wildman–Crippen MR) is 73.2 cm³/mol. The van der Waals surface area contributed by atoms with E-state index >= 15 is 0 Å². The van der Waals surface area contributed by atoms with E-state index in [1.54, 1.807) is 13.8 Å². The van der Waals surface area contributed by atoms with Crippen molar-refractivity contribution in [3.05, 3.63) is 29.6 Å². The van der Waals surface area contributed by atoms with Crippen LogP contribution in [-0.4, -0.2) is 24.1 Å². The molecule has 1 saturated carbocycles. The summed E-state index contributed by atoms with van der Waals surface area (Å²) in [6, 6.07) is 4.04. The highest BCUT2D eigenvalue weighted by molar-refractivity contribution is 5.91. The smallest absolute Gasteiger partial charge is 0.307 e. The van der Waals surface area contributed by atoms with Crippen LogP contribution in [0.1, 0.15) is 19.4 Å². The third-order valence-electron chi connectivity index (χ3n) is 4.07. The molecule has 0 aliphatic heterocycles. The Labute approximate surface area is 122 Å². The second-order valence-electron chi connectivity index (χ2n) is 5.79. The van der Waals surface area contributed by atoms with Crippen molar-refractivity contribution in [3.8, 4) is 5.75 Å². The number of aliphatic carboxylic acids is 1. The SMILES string of the molecule is COc1ccc(F)cc1CNC(=O)[C@@H]1[C@H](C(=O)O)C1(C)C. The first-order valence-corrected chi connectivity index (χ1v) is 6.62. The standard InChI is InChI=1S/C15H18FNO4/c1-15(2)11(12(15)14(19)20)13(18)17-7-8-6-9(16)4-5-10(8)21-3/h4-6,11-12H,7H2,1-3H3,(H,17,18)(H,19,20)/t11-,12+/m0/s1. The van der Waals surface area contributed by atoms with E-state index in [4.69, 9.17) is 9.84 Å². The number of halogens is 1. The number of carbonyl (C=O) groups excluding carboxylic acids is 1. The van der Waals surface area contributed by atoms with Crippen molar-refractivity contribution < 1.29 is 23.8 Å². The van der Waals surface area contributed by atoms with Gasteiger partial charge in [0.05, 0.1) is 18.9 Å². The van der Waals surface area contributed by atoms with Crippen molar-refractivity contribution in [1.29, 1.82) is 0 Å². The predicted octanol–water partition coefficient (Wildman–Crippen LogP) is 1.81. The molecule has 1 aliphatic rings. The Kier molecular flexibility index (Phi) is 3.89. The Morgan fingerprint density at radius 3 is 2.57 bits per heavy atom. The molecular formula is C15H18FNO4. The summed E-state index contributed by atoms with van der Waals surface area (Å²) < 4.78 is 18.3. The molecule has 0 radical (unpaired) electrons. The zero-order chi connectivity index (χ0) is 15.8. The molecule has 1 aromatic carbocycles. The number of hydrogen-bond acceptors (Lipinski definition) is 3. The summed E-state index contributed by atoms with van der Waals surface area (Å²) >= 11 is 0. The summed E-state index contributed by atoms with van der Waals surface area (Å²) in [7, 11) is 1.46. The van der Waals surface area contributed by atoms with Crippen molar-refractivity contribution in [1.82, 2.24) is 5.32 Å². The highest BCUT2D eigenvalue weighted by atomic mass is 19.1. The highest BCUT2D eigenvalue weighted by Gasteiger charge is 2.65. The lowest BCUT2D eigenvalue weighted by atomic mass is 10.1. The minimum absolute atomic E-state index is 0.0959. The van der Waals surface area contributed by atoms with Gasteiger partial charge in [0.2, 0.25) is 5.91 Å². The van der Waals surface area contributed by atoms with E-state index in [0.29, 0.717) is 11.3 Å². The zero-order valence-corrected chi connectivity index (χ0v) is 12.1. The van der Waals surface area contributed by atoms with Gasteiger partial charge in [0.15, 0.2) is 0 Å².